The van der Waals surface area contributed by atoms with Gasteiger partial charge in [0.1, 0.15) is 5.75 Å². The van der Waals surface area contributed by atoms with Crippen LogP contribution in [0.5, 0.6) is 5.75 Å². The molecule has 2 nitrogen and oxygen atoms in total. The summed E-state index contributed by atoms with van der Waals surface area (Å²) in [5.74, 6) is 1.46. The van der Waals surface area contributed by atoms with Crippen LogP contribution in [-0.4, -0.2) is 24.1 Å². The number of thioether (sulfide) groups is 1. The van der Waals surface area contributed by atoms with Gasteiger partial charge in [-0.05, 0) is 42.0 Å². The third kappa shape index (κ3) is 5.33. The second-order valence-corrected chi connectivity index (χ2v) is 7.45. The van der Waals surface area contributed by atoms with Gasteiger partial charge in [-0.2, -0.15) is 0 Å². The van der Waals surface area contributed by atoms with Gasteiger partial charge in [0.05, 0.1) is 13.2 Å². The second kappa shape index (κ2) is 8.22. The molecule has 0 aliphatic heterocycles. The lowest BCUT2D eigenvalue weighted by molar-refractivity contribution is 0.200. The van der Waals surface area contributed by atoms with Crippen LogP contribution in [0.3, 0.4) is 0 Å². The molecule has 1 unspecified atom stereocenters. The standard InChI is InChI=1S/C16H16Br2O2S/c1-20-14-5-6-16(18)11(8-14)7-13(19)10-21-15-4-2-3-12(17)9-15/h2-6,8-9,13,19H,7,10H2,1H3. The Morgan fingerprint density at radius 2 is 2.00 bits per heavy atom. The Morgan fingerprint density at radius 1 is 1.19 bits per heavy atom. The molecule has 2 rings (SSSR count). The number of rotatable bonds is 6. The van der Waals surface area contributed by atoms with Crippen molar-refractivity contribution in [2.24, 2.45) is 0 Å². The van der Waals surface area contributed by atoms with E-state index < -0.39 is 6.10 Å². The van der Waals surface area contributed by atoms with E-state index in [0.717, 1.165) is 25.2 Å². The Bertz CT molecular complexity index is 605. The number of benzene rings is 2. The second-order valence-electron chi connectivity index (χ2n) is 4.58. The first-order valence-corrected chi connectivity index (χ1v) is 9.04. The van der Waals surface area contributed by atoms with Crippen LogP contribution >= 0.6 is 43.6 Å². The van der Waals surface area contributed by atoms with Gasteiger partial charge >= 0.3 is 0 Å². The lowest BCUT2D eigenvalue weighted by atomic mass is 10.1. The van der Waals surface area contributed by atoms with E-state index in [1.165, 1.54) is 0 Å². The average Bonchev–Trinajstić information content (AvgIpc) is 2.47. The maximum atomic E-state index is 10.2. The number of ether oxygens (including phenoxy) is 1. The van der Waals surface area contributed by atoms with Crippen molar-refractivity contribution in [3.63, 3.8) is 0 Å². The lowest BCUT2D eigenvalue weighted by Crippen LogP contribution is -2.13. The van der Waals surface area contributed by atoms with Gasteiger partial charge in [0.15, 0.2) is 0 Å². The molecule has 0 aliphatic carbocycles. The number of hydrogen-bond acceptors (Lipinski definition) is 3. The smallest absolute Gasteiger partial charge is 0.119 e. The van der Waals surface area contributed by atoms with Gasteiger partial charge in [0, 0.05) is 26.0 Å². The molecule has 112 valence electrons. The van der Waals surface area contributed by atoms with E-state index in [-0.39, 0.29) is 0 Å². The van der Waals surface area contributed by atoms with E-state index in [0.29, 0.717) is 12.2 Å². The largest absolute Gasteiger partial charge is 0.497 e. The average molecular weight is 432 g/mol. The van der Waals surface area contributed by atoms with Gasteiger partial charge in [-0.1, -0.05) is 37.9 Å². The maximum absolute atomic E-state index is 10.2. The van der Waals surface area contributed by atoms with Crippen LogP contribution in [0, 0.1) is 0 Å². The van der Waals surface area contributed by atoms with Crippen molar-refractivity contribution < 1.29 is 9.84 Å². The Balaban J connectivity index is 1.94. The Labute approximate surface area is 146 Å². The van der Waals surface area contributed by atoms with Crippen LogP contribution < -0.4 is 4.74 Å². The maximum Gasteiger partial charge on any atom is 0.119 e. The van der Waals surface area contributed by atoms with Crippen molar-refractivity contribution in [2.45, 2.75) is 17.4 Å². The summed E-state index contributed by atoms with van der Waals surface area (Å²) < 4.78 is 7.27. The van der Waals surface area contributed by atoms with Crippen LogP contribution in [0.4, 0.5) is 0 Å². The molecule has 0 fully saturated rings. The zero-order chi connectivity index (χ0) is 15.2. The van der Waals surface area contributed by atoms with Crippen LogP contribution in [0.1, 0.15) is 5.56 Å². The fourth-order valence-corrected chi connectivity index (χ4v) is 3.74. The molecule has 0 saturated carbocycles. The number of hydrogen-bond donors (Lipinski definition) is 1. The molecule has 0 aromatic heterocycles. The number of halogens is 2. The molecule has 2 aromatic rings. The highest BCUT2D eigenvalue weighted by Crippen LogP contribution is 2.26. The molecule has 1 atom stereocenters. The van der Waals surface area contributed by atoms with Gasteiger partial charge in [0.25, 0.3) is 0 Å². The van der Waals surface area contributed by atoms with Gasteiger partial charge in [0.2, 0.25) is 0 Å². The minimum Gasteiger partial charge on any atom is -0.497 e. The fraction of sp³-hybridized carbons (Fsp3) is 0.250. The molecular formula is C16H16Br2O2S. The fourth-order valence-electron chi connectivity index (χ4n) is 1.90. The molecule has 0 saturated heterocycles. The molecule has 0 bridgehead atoms. The zero-order valence-electron chi connectivity index (χ0n) is 11.6. The van der Waals surface area contributed by atoms with Gasteiger partial charge in [-0.15, -0.1) is 11.8 Å². The molecule has 0 radical (unpaired) electrons. The number of aliphatic hydroxyl groups excluding tert-OH is 1. The quantitative estimate of drug-likeness (QED) is 0.658. The predicted molar refractivity (Wildman–Crippen MR) is 95.3 cm³/mol. The van der Waals surface area contributed by atoms with Gasteiger partial charge in [-0.3, -0.25) is 0 Å². The Kier molecular flexibility index (Phi) is 6.61. The van der Waals surface area contributed by atoms with Crippen molar-refractivity contribution in [1.82, 2.24) is 0 Å². The lowest BCUT2D eigenvalue weighted by Gasteiger charge is -2.13. The Morgan fingerprint density at radius 3 is 2.71 bits per heavy atom. The van der Waals surface area contributed by atoms with Crippen LogP contribution in [0.2, 0.25) is 0 Å². The first-order chi connectivity index (χ1) is 10.1. The minimum absolute atomic E-state index is 0.405. The van der Waals surface area contributed by atoms with Crippen LogP contribution in [0.15, 0.2) is 56.3 Å². The van der Waals surface area contributed by atoms with Crippen molar-refractivity contribution >= 4 is 43.6 Å². The number of methoxy groups -OCH3 is 1. The molecule has 5 heteroatoms. The SMILES string of the molecule is COc1ccc(Br)c(CC(O)CSc2cccc(Br)c2)c1. The van der Waals surface area contributed by atoms with Crippen molar-refractivity contribution in [3.05, 3.63) is 57.0 Å². The van der Waals surface area contributed by atoms with Gasteiger partial charge < -0.3 is 9.84 Å². The first-order valence-electron chi connectivity index (χ1n) is 6.47. The Hall–Kier alpha value is -0.490. The van der Waals surface area contributed by atoms with Crippen LogP contribution in [0.25, 0.3) is 0 Å². The van der Waals surface area contributed by atoms with E-state index in [2.05, 4.69) is 37.9 Å². The molecule has 0 spiro atoms. The number of aliphatic hydroxyl groups is 1. The highest BCUT2D eigenvalue weighted by atomic mass is 79.9. The summed E-state index contributed by atoms with van der Waals surface area (Å²) in [6.45, 7) is 0. The molecule has 2 aromatic carbocycles. The summed E-state index contributed by atoms with van der Waals surface area (Å²) in [4.78, 5) is 1.15. The predicted octanol–water partition coefficient (Wildman–Crippen LogP) is 4.92. The highest BCUT2D eigenvalue weighted by molar-refractivity contribution is 9.10. The topological polar surface area (TPSA) is 29.5 Å². The minimum atomic E-state index is -0.405. The molecular weight excluding hydrogens is 416 g/mol. The highest BCUT2D eigenvalue weighted by Gasteiger charge is 2.10. The normalized spacial score (nSPS) is 12.2. The van der Waals surface area contributed by atoms with E-state index >= 15 is 0 Å². The van der Waals surface area contributed by atoms with E-state index in [9.17, 15) is 5.11 Å². The molecule has 0 amide bonds. The van der Waals surface area contributed by atoms with E-state index in [1.807, 2.05) is 36.4 Å². The van der Waals surface area contributed by atoms with E-state index in [1.54, 1.807) is 18.9 Å². The third-order valence-corrected chi connectivity index (χ3v) is 5.35. The van der Waals surface area contributed by atoms with Crippen LogP contribution in [-0.2, 0) is 6.42 Å². The monoisotopic (exact) mass is 430 g/mol. The summed E-state index contributed by atoms with van der Waals surface area (Å²) in [7, 11) is 1.65. The van der Waals surface area contributed by atoms with E-state index in [4.69, 9.17) is 4.74 Å². The summed E-state index contributed by atoms with van der Waals surface area (Å²) in [6.07, 6.45) is 0.191. The molecule has 0 aliphatic rings. The first kappa shape index (κ1) is 16.9. The summed E-state index contributed by atoms with van der Waals surface area (Å²) in [5, 5.41) is 10.2. The molecule has 21 heavy (non-hydrogen) atoms. The summed E-state index contributed by atoms with van der Waals surface area (Å²) in [6, 6.07) is 13.9. The van der Waals surface area contributed by atoms with Crippen molar-refractivity contribution in [3.8, 4) is 5.75 Å². The summed E-state index contributed by atoms with van der Waals surface area (Å²) >= 11 is 8.62. The van der Waals surface area contributed by atoms with Crippen molar-refractivity contribution in [2.75, 3.05) is 12.9 Å². The van der Waals surface area contributed by atoms with Crippen molar-refractivity contribution in [1.29, 1.82) is 0 Å². The molecule has 0 heterocycles. The van der Waals surface area contributed by atoms with Gasteiger partial charge in [-0.25, -0.2) is 0 Å². The molecule has 1 N–H and O–H groups in total. The zero-order valence-corrected chi connectivity index (χ0v) is 15.5. The third-order valence-electron chi connectivity index (χ3n) is 2.95. The summed E-state index contributed by atoms with van der Waals surface area (Å²) in [5.41, 5.74) is 1.05.